The number of hydrogen-bond donors (Lipinski definition) is 1. The number of hydrogen-bond acceptors (Lipinski definition) is 6. The van der Waals surface area contributed by atoms with Crippen LogP contribution in [0.4, 0.5) is 5.82 Å². The molecule has 2 heterocycles. The van der Waals surface area contributed by atoms with Crippen molar-refractivity contribution in [3.63, 3.8) is 0 Å². The van der Waals surface area contributed by atoms with Crippen molar-refractivity contribution < 1.29 is 4.74 Å². The molecule has 1 N–H and O–H groups in total. The summed E-state index contributed by atoms with van der Waals surface area (Å²) in [5.41, 5.74) is 2.50. The number of fused-ring (bicyclic) bond motifs is 1. The average Bonchev–Trinajstić information content (AvgIpc) is 2.90. The Bertz CT molecular complexity index is 858. The molecule has 0 bridgehead atoms. The molecular formula is C19H24N4OS. The summed E-state index contributed by atoms with van der Waals surface area (Å²) in [7, 11) is 5.86. The number of rotatable bonds is 6. The number of methoxy groups -OCH3 is 1. The van der Waals surface area contributed by atoms with Gasteiger partial charge in [0.15, 0.2) is 0 Å². The van der Waals surface area contributed by atoms with E-state index in [0.29, 0.717) is 0 Å². The molecule has 0 aliphatic carbocycles. The third kappa shape index (κ3) is 3.60. The van der Waals surface area contributed by atoms with Gasteiger partial charge >= 0.3 is 0 Å². The molecule has 1 atom stereocenters. The summed E-state index contributed by atoms with van der Waals surface area (Å²) in [6.07, 6.45) is 1.64. The lowest BCUT2D eigenvalue weighted by Crippen LogP contribution is -2.27. The molecule has 0 radical (unpaired) electrons. The summed E-state index contributed by atoms with van der Waals surface area (Å²) in [5, 5.41) is 4.67. The molecule has 6 heteroatoms. The van der Waals surface area contributed by atoms with Crippen LogP contribution in [0.2, 0.25) is 0 Å². The highest BCUT2D eigenvalue weighted by molar-refractivity contribution is 7.18. The third-order valence-electron chi connectivity index (χ3n) is 4.55. The van der Waals surface area contributed by atoms with E-state index in [0.717, 1.165) is 28.3 Å². The molecule has 0 aliphatic heterocycles. The van der Waals surface area contributed by atoms with Crippen LogP contribution in [-0.2, 0) is 0 Å². The number of likely N-dealkylation sites (N-methyl/N-ethyl adjacent to an activating group) is 1. The molecule has 0 fully saturated rings. The first-order chi connectivity index (χ1) is 12.0. The van der Waals surface area contributed by atoms with E-state index in [9.17, 15) is 0 Å². The van der Waals surface area contributed by atoms with Crippen molar-refractivity contribution in [3.05, 3.63) is 46.6 Å². The highest BCUT2D eigenvalue weighted by Gasteiger charge is 2.17. The zero-order chi connectivity index (χ0) is 18.0. The van der Waals surface area contributed by atoms with Gasteiger partial charge < -0.3 is 15.0 Å². The molecule has 0 unspecified atom stereocenters. The summed E-state index contributed by atoms with van der Waals surface area (Å²) >= 11 is 1.72. The van der Waals surface area contributed by atoms with Crippen molar-refractivity contribution in [2.45, 2.75) is 19.9 Å². The molecule has 25 heavy (non-hydrogen) atoms. The molecular weight excluding hydrogens is 332 g/mol. The van der Waals surface area contributed by atoms with E-state index in [-0.39, 0.29) is 6.04 Å². The predicted octanol–water partition coefficient (Wildman–Crippen LogP) is 4.03. The maximum absolute atomic E-state index is 5.26. The minimum absolute atomic E-state index is 0.232. The van der Waals surface area contributed by atoms with Crippen molar-refractivity contribution in [1.29, 1.82) is 0 Å². The van der Waals surface area contributed by atoms with Gasteiger partial charge in [-0.2, -0.15) is 0 Å². The standard InChI is InChI=1S/C19H24N4OS/c1-12-13(2)25-19-17(12)18(21-11-22-19)20-10-16(23(3)4)14-6-8-15(24-5)9-7-14/h6-9,11,16H,10H2,1-5H3,(H,20,21,22)/t16-/m1/s1. The quantitative estimate of drug-likeness (QED) is 0.722. The number of nitrogens with one attached hydrogen (secondary N) is 1. The molecule has 0 aliphatic rings. The van der Waals surface area contributed by atoms with Crippen molar-refractivity contribution >= 4 is 27.4 Å². The summed E-state index contributed by atoms with van der Waals surface area (Å²) in [4.78, 5) is 13.4. The number of aromatic nitrogens is 2. The summed E-state index contributed by atoms with van der Waals surface area (Å²) in [5.74, 6) is 1.78. The highest BCUT2D eigenvalue weighted by Crippen LogP contribution is 2.33. The van der Waals surface area contributed by atoms with E-state index in [1.54, 1.807) is 24.8 Å². The number of ether oxygens (including phenoxy) is 1. The Morgan fingerprint density at radius 2 is 1.88 bits per heavy atom. The van der Waals surface area contributed by atoms with Crippen LogP contribution in [0, 0.1) is 13.8 Å². The van der Waals surface area contributed by atoms with Gasteiger partial charge in [0, 0.05) is 11.4 Å². The Labute approximate surface area is 152 Å². The Kier molecular flexibility index (Phi) is 5.20. The molecule has 1 aromatic carbocycles. The Morgan fingerprint density at radius 1 is 1.16 bits per heavy atom. The topological polar surface area (TPSA) is 50.3 Å². The van der Waals surface area contributed by atoms with E-state index in [1.165, 1.54) is 16.0 Å². The number of benzene rings is 1. The Morgan fingerprint density at radius 3 is 2.52 bits per heavy atom. The van der Waals surface area contributed by atoms with Gasteiger partial charge in [0.1, 0.15) is 22.7 Å². The van der Waals surface area contributed by atoms with Crippen LogP contribution in [0.25, 0.3) is 10.2 Å². The van der Waals surface area contributed by atoms with E-state index < -0.39 is 0 Å². The van der Waals surface area contributed by atoms with Gasteiger partial charge in [0.25, 0.3) is 0 Å². The van der Waals surface area contributed by atoms with E-state index in [2.05, 4.69) is 60.3 Å². The lowest BCUT2D eigenvalue weighted by Gasteiger charge is -2.25. The largest absolute Gasteiger partial charge is 0.497 e. The lowest BCUT2D eigenvalue weighted by atomic mass is 10.1. The SMILES string of the molecule is COc1ccc([C@@H](CNc2ncnc3sc(C)c(C)c23)N(C)C)cc1. The smallest absolute Gasteiger partial charge is 0.138 e. The van der Waals surface area contributed by atoms with E-state index >= 15 is 0 Å². The molecule has 3 rings (SSSR count). The molecule has 0 spiro atoms. The fraction of sp³-hybridized carbons (Fsp3) is 0.368. The lowest BCUT2D eigenvalue weighted by molar-refractivity contribution is 0.311. The second-order valence-corrected chi connectivity index (χ2v) is 7.52. The van der Waals surface area contributed by atoms with Gasteiger partial charge in [-0.25, -0.2) is 9.97 Å². The van der Waals surface area contributed by atoms with Crippen molar-refractivity contribution in [1.82, 2.24) is 14.9 Å². The Hall–Kier alpha value is -2.18. The van der Waals surface area contributed by atoms with E-state index in [1.807, 2.05) is 12.1 Å². The van der Waals surface area contributed by atoms with Crippen LogP contribution in [0.3, 0.4) is 0 Å². The maximum Gasteiger partial charge on any atom is 0.138 e. The maximum atomic E-state index is 5.26. The average molecular weight is 356 g/mol. The van der Waals surface area contributed by atoms with Gasteiger partial charge in [-0.3, -0.25) is 0 Å². The number of thiophene rings is 1. The zero-order valence-corrected chi connectivity index (χ0v) is 16.1. The summed E-state index contributed by atoms with van der Waals surface area (Å²) in [6.45, 7) is 5.03. The number of aryl methyl sites for hydroxylation is 2. The molecule has 0 amide bonds. The van der Waals surface area contributed by atoms with Crippen LogP contribution < -0.4 is 10.1 Å². The van der Waals surface area contributed by atoms with Crippen LogP contribution in [0.15, 0.2) is 30.6 Å². The predicted molar refractivity (Wildman–Crippen MR) is 105 cm³/mol. The van der Waals surface area contributed by atoms with Gasteiger partial charge in [0.2, 0.25) is 0 Å². The summed E-state index contributed by atoms with van der Waals surface area (Å²) in [6, 6.07) is 8.46. The second-order valence-electron chi connectivity index (χ2n) is 6.32. The second kappa shape index (κ2) is 7.37. The molecule has 0 saturated heterocycles. The van der Waals surface area contributed by atoms with Crippen molar-refractivity contribution in [3.8, 4) is 5.75 Å². The van der Waals surface area contributed by atoms with Crippen LogP contribution in [-0.4, -0.2) is 42.6 Å². The third-order valence-corrected chi connectivity index (χ3v) is 5.67. The molecule has 5 nitrogen and oxygen atoms in total. The first-order valence-electron chi connectivity index (χ1n) is 8.26. The minimum atomic E-state index is 0.232. The number of anilines is 1. The summed E-state index contributed by atoms with van der Waals surface area (Å²) < 4.78 is 5.26. The fourth-order valence-electron chi connectivity index (χ4n) is 2.93. The molecule has 0 saturated carbocycles. The van der Waals surface area contributed by atoms with Gasteiger partial charge in [-0.15, -0.1) is 11.3 Å². The first-order valence-corrected chi connectivity index (χ1v) is 9.08. The monoisotopic (exact) mass is 356 g/mol. The molecule has 132 valence electrons. The van der Waals surface area contributed by atoms with Gasteiger partial charge in [-0.1, -0.05) is 12.1 Å². The van der Waals surface area contributed by atoms with Crippen molar-refractivity contribution in [2.24, 2.45) is 0 Å². The van der Waals surface area contributed by atoms with Crippen molar-refractivity contribution in [2.75, 3.05) is 33.1 Å². The number of nitrogens with zero attached hydrogens (tertiary/aromatic N) is 3. The normalized spacial score (nSPS) is 12.6. The highest BCUT2D eigenvalue weighted by atomic mass is 32.1. The first kappa shape index (κ1) is 17.6. The van der Waals surface area contributed by atoms with Gasteiger partial charge in [-0.05, 0) is 51.2 Å². The zero-order valence-electron chi connectivity index (χ0n) is 15.3. The molecule has 2 aromatic heterocycles. The van der Waals surface area contributed by atoms with Crippen LogP contribution >= 0.6 is 11.3 Å². The minimum Gasteiger partial charge on any atom is -0.497 e. The fourth-order valence-corrected chi connectivity index (χ4v) is 3.93. The van der Waals surface area contributed by atoms with Crippen LogP contribution in [0.1, 0.15) is 22.0 Å². The van der Waals surface area contributed by atoms with E-state index in [4.69, 9.17) is 4.74 Å². The Balaban J connectivity index is 1.84. The van der Waals surface area contributed by atoms with Crippen LogP contribution in [0.5, 0.6) is 5.75 Å². The van der Waals surface area contributed by atoms with Gasteiger partial charge in [0.05, 0.1) is 18.5 Å². The molecule has 3 aromatic rings.